The minimum absolute atomic E-state index is 0.0523. The first-order valence-corrected chi connectivity index (χ1v) is 13.9. The van der Waals surface area contributed by atoms with E-state index in [2.05, 4.69) is 46.7 Å². The summed E-state index contributed by atoms with van der Waals surface area (Å²) in [6.45, 7) is 5.85. The summed E-state index contributed by atoms with van der Waals surface area (Å²) in [5.41, 5.74) is 2.28. The van der Waals surface area contributed by atoms with Crippen LogP contribution in [0, 0.1) is 11.8 Å². The largest absolute Gasteiger partial charge is 0.372 e. The van der Waals surface area contributed by atoms with E-state index in [4.69, 9.17) is 0 Å². The van der Waals surface area contributed by atoms with Crippen molar-refractivity contribution in [2.24, 2.45) is 11.8 Å². The number of hydrogen-bond acceptors (Lipinski definition) is 5. The quantitative estimate of drug-likeness (QED) is 0.675. The first kappa shape index (κ1) is 25.5. The number of carbonyl (C=O) groups excluding carboxylic acids is 2. The van der Waals surface area contributed by atoms with E-state index in [1.54, 1.807) is 0 Å². The number of benzene rings is 1. The fraction of sp³-hybridized carbons (Fsp3) is 0.667. The van der Waals surface area contributed by atoms with E-state index in [-0.39, 0.29) is 30.7 Å². The number of amides is 2. The zero-order chi connectivity index (χ0) is 23.8. The molecule has 1 aromatic carbocycles. The van der Waals surface area contributed by atoms with Gasteiger partial charge in [0.2, 0.25) is 21.8 Å². The highest BCUT2D eigenvalue weighted by Crippen LogP contribution is 2.23. The maximum absolute atomic E-state index is 12.9. The highest BCUT2D eigenvalue weighted by molar-refractivity contribution is 7.88. The molecule has 8 nitrogen and oxygen atoms in total. The molecular weight excluding hydrogens is 440 g/mol. The smallest absolute Gasteiger partial charge is 0.223 e. The Morgan fingerprint density at radius 3 is 2.42 bits per heavy atom. The second kappa shape index (κ2) is 11.8. The zero-order valence-electron chi connectivity index (χ0n) is 19.9. The van der Waals surface area contributed by atoms with E-state index < -0.39 is 10.0 Å². The van der Waals surface area contributed by atoms with Gasteiger partial charge in [0.1, 0.15) is 0 Å². The molecule has 2 N–H and O–H groups in total. The van der Waals surface area contributed by atoms with E-state index in [1.165, 1.54) is 22.8 Å². The van der Waals surface area contributed by atoms with Gasteiger partial charge in [0, 0.05) is 57.3 Å². The highest BCUT2D eigenvalue weighted by atomic mass is 32.2. The number of hydrogen-bond donors (Lipinski definition) is 2. The standard InChI is InChI=1S/C24H38N4O4S/c1-19-10-15-27(16-11-19)22-7-5-20(6-8-22)18-26-24(30)21-4-3-14-28(33(2,31)32)17-12-23(29)25-13-9-21/h5-8,19,21H,3-4,9-18H2,1-2H3,(H,25,29)(H,26,30). The third kappa shape index (κ3) is 7.99. The minimum atomic E-state index is -3.38. The lowest BCUT2D eigenvalue weighted by atomic mass is 9.98. The van der Waals surface area contributed by atoms with Gasteiger partial charge < -0.3 is 15.5 Å². The van der Waals surface area contributed by atoms with Gasteiger partial charge in [-0.2, -0.15) is 0 Å². The zero-order valence-corrected chi connectivity index (χ0v) is 20.7. The third-order valence-electron chi connectivity index (χ3n) is 6.76. The molecule has 1 aromatic rings. The van der Waals surface area contributed by atoms with Crippen LogP contribution in [0.1, 0.15) is 51.0 Å². The van der Waals surface area contributed by atoms with Crippen LogP contribution in [-0.4, -0.2) is 63.5 Å². The van der Waals surface area contributed by atoms with Crippen LogP contribution in [0.4, 0.5) is 5.69 Å². The number of anilines is 1. The molecule has 2 aliphatic heterocycles. The van der Waals surface area contributed by atoms with Crippen molar-refractivity contribution in [1.82, 2.24) is 14.9 Å². The summed E-state index contributed by atoms with van der Waals surface area (Å²) in [6.07, 6.45) is 5.46. The van der Waals surface area contributed by atoms with E-state index in [9.17, 15) is 18.0 Å². The van der Waals surface area contributed by atoms with Crippen LogP contribution in [-0.2, 0) is 26.2 Å². The van der Waals surface area contributed by atoms with Crippen LogP contribution in [0.15, 0.2) is 24.3 Å². The number of nitrogens with one attached hydrogen (secondary N) is 2. The average Bonchev–Trinajstić information content (AvgIpc) is 2.82. The predicted molar refractivity (Wildman–Crippen MR) is 130 cm³/mol. The van der Waals surface area contributed by atoms with Crippen molar-refractivity contribution in [3.63, 3.8) is 0 Å². The summed E-state index contributed by atoms with van der Waals surface area (Å²) in [5.74, 6) is 0.292. The molecule has 0 aromatic heterocycles. The maximum Gasteiger partial charge on any atom is 0.223 e. The number of sulfonamides is 1. The van der Waals surface area contributed by atoms with Crippen LogP contribution in [0.3, 0.4) is 0 Å². The molecule has 2 fully saturated rings. The maximum atomic E-state index is 12.9. The van der Waals surface area contributed by atoms with Gasteiger partial charge in [0.05, 0.1) is 6.26 Å². The van der Waals surface area contributed by atoms with Gasteiger partial charge in [0.15, 0.2) is 0 Å². The molecule has 184 valence electrons. The fourth-order valence-electron chi connectivity index (χ4n) is 4.49. The van der Waals surface area contributed by atoms with E-state index >= 15 is 0 Å². The Morgan fingerprint density at radius 2 is 1.76 bits per heavy atom. The number of rotatable bonds is 5. The Bertz CT molecular complexity index is 896. The first-order valence-electron chi connectivity index (χ1n) is 12.1. The number of carbonyl (C=O) groups is 2. The predicted octanol–water partition coefficient (Wildman–Crippen LogP) is 2.11. The van der Waals surface area contributed by atoms with Crippen molar-refractivity contribution in [2.75, 3.05) is 43.9 Å². The summed E-state index contributed by atoms with van der Waals surface area (Å²) in [7, 11) is -3.38. The van der Waals surface area contributed by atoms with Crippen molar-refractivity contribution < 1.29 is 18.0 Å². The van der Waals surface area contributed by atoms with Crippen LogP contribution in [0.5, 0.6) is 0 Å². The van der Waals surface area contributed by atoms with Gasteiger partial charge in [0.25, 0.3) is 0 Å². The number of piperidine rings is 1. The molecule has 2 saturated heterocycles. The Hall–Kier alpha value is -2.13. The van der Waals surface area contributed by atoms with E-state index in [0.29, 0.717) is 38.9 Å². The Balaban J connectivity index is 1.53. The summed E-state index contributed by atoms with van der Waals surface area (Å²) in [6, 6.07) is 8.38. The number of nitrogens with zero attached hydrogens (tertiary/aromatic N) is 2. The van der Waals surface area contributed by atoms with Gasteiger partial charge in [-0.25, -0.2) is 12.7 Å². The molecule has 0 bridgehead atoms. The Labute approximate surface area is 198 Å². The third-order valence-corrected chi connectivity index (χ3v) is 8.06. The van der Waals surface area contributed by atoms with Crippen molar-refractivity contribution >= 4 is 27.5 Å². The summed E-state index contributed by atoms with van der Waals surface area (Å²) >= 11 is 0. The molecule has 2 heterocycles. The SMILES string of the molecule is CC1CCN(c2ccc(CNC(=O)C3CCCN(S(C)(=O)=O)CCC(=O)NCC3)cc2)CC1. The molecule has 0 spiro atoms. The van der Waals surface area contributed by atoms with Crippen LogP contribution in [0.2, 0.25) is 0 Å². The molecule has 9 heteroatoms. The van der Waals surface area contributed by atoms with Gasteiger partial charge in [-0.3, -0.25) is 9.59 Å². The van der Waals surface area contributed by atoms with Crippen molar-refractivity contribution in [2.45, 2.75) is 52.0 Å². The van der Waals surface area contributed by atoms with Crippen molar-refractivity contribution in [3.05, 3.63) is 29.8 Å². The molecule has 1 unspecified atom stereocenters. The van der Waals surface area contributed by atoms with Crippen molar-refractivity contribution in [1.29, 1.82) is 0 Å². The molecule has 33 heavy (non-hydrogen) atoms. The van der Waals surface area contributed by atoms with E-state index in [0.717, 1.165) is 30.8 Å². The van der Waals surface area contributed by atoms with Gasteiger partial charge >= 0.3 is 0 Å². The summed E-state index contributed by atoms with van der Waals surface area (Å²) < 4.78 is 25.3. The van der Waals surface area contributed by atoms with Gasteiger partial charge in [-0.05, 0) is 55.7 Å². The minimum Gasteiger partial charge on any atom is -0.372 e. The lowest BCUT2D eigenvalue weighted by Crippen LogP contribution is -2.35. The molecular formula is C24H38N4O4S. The van der Waals surface area contributed by atoms with Crippen LogP contribution >= 0.6 is 0 Å². The first-order chi connectivity index (χ1) is 15.7. The average molecular weight is 479 g/mol. The summed E-state index contributed by atoms with van der Waals surface area (Å²) in [5, 5.41) is 5.83. The molecule has 0 saturated carbocycles. The van der Waals surface area contributed by atoms with Crippen LogP contribution in [0.25, 0.3) is 0 Å². The van der Waals surface area contributed by atoms with Crippen molar-refractivity contribution in [3.8, 4) is 0 Å². The molecule has 2 aliphatic rings. The summed E-state index contributed by atoms with van der Waals surface area (Å²) in [4.78, 5) is 27.3. The van der Waals surface area contributed by atoms with Crippen LogP contribution < -0.4 is 15.5 Å². The second-order valence-corrected chi connectivity index (χ2v) is 11.4. The monoisotopic (exact) mass is 478 g/mol. The lowest BCUT2D eigenvalue weighted by Gasteiger charge is -2.32. The molecule has 0 aliphatic carbocycles. The molecule has 3 rings (SSSR count). The Morgan fingerprint density at radius 1 is 1.06 bits per heavy atom. The van der Waals surface area contributed by atoms with Gasteiger partial charge in [-0.15, -0.1) is 0 Å². The Kier molecular flexibility index (Phi) is 9.14. The normalized spacial score (nSPS) is 22.3. The molecule has 2 amide bonds. The van der Waals surface area contributed by atoms with E-state index in [1.807, 2.05) is 0 Å². The molecule has 0 radical (unpaired) electrons. The fourth-order valence-corrected chi connectivity index (χ4v) is 5.37. The lowest BCUT2D eigenvalue weighted by molar-refractivity contribution is -0.126. The highest BCUT2D eigenvalue weighted by Gasteiger charge is 2.23. The second-order valence-electron chi connectivity index (χ2n) is 9.44. The molecule has 1 atom stereocenters. The topological polar surface area (TPSA) is 98.8 Å². The van der Waals surface area contributed by atoms with Gasteiger partial charge in [-0.1, -0.05) is 19.1 Å².